The van der Waals surface area contributed by atoms with Crippen molar-refractivity contribution in [1.29, 1.82) is 0 Å². The molecule has 2 heteroatoms. The van der Waals surface area contributed by atoms with Crippen molar-refractivity contribution < 1.29 is 0 Å². The molecule has 112 valence electrons. The summed E-state index contributed by atoms with van der Waals surface area (Å²) < 4.78 is 0. The third-order valence-electron chi connectivity index (χ3n) is 4.72. The molecule has 2 fully saturated rings. The van der Waals surface area contributed by atoms with Gasteiger partial charge >= 0.3 is 0 Å². The highest BCUT2D eigenvalue weighted by atomic mass is 15.2. The zero-order valence-electron chi connectivity index (χ0n) is 13.2. The van der Waals surface area contributed by atoms with Crippen LogP contribution in [0.2, 0.25) is 0 Å². The molecule has 2 rings (SSSR count). The molecular weight excluding hydrogens is 232 g/mol. The normalized spacial score (nSPS) is 20.8. The minimum atomic E-state index is 0.848. The molecule has 19 heavy (non-hydrogen) atoms. The Balaban J connectivity index is 1.60. The molecular formula is C17H34N2. The molecule has 0 aromatic carbocycles. The standard InChI is InChI=1S/C17H34N2/c1-15(2)11-14-19(17-7-3-4-8-17)13-6-5-12-18-16-9-10-16/h15-18H,3-14H2,1-2H3. The van der Waals surface area contributed by atoms with Crippen LogP contribution in [-0.4, -0.2) is 36.6 Å². The van der Waals surface area contributed by atoms with Crippen molar-refractivity contribution >= 4 is 0 Å². The first-order valence-corrected chi connectivity index (χ1v) is 8.73. The number of nitrogens with zero attached hydrogens (tertiary/aromatic N) is 1. The Hall–Kier alpha value is -0.0800. The Morgan fingerprint density at radius 3 is 2.37 bits per heavy atom. The second kappa shape index (κ2) is 8.26. The number of hydrogen-bond acceptors (Lipinski definition) is 2. The van der Waals surface area contributed by atoms with Crippen LogP contribution in [-0.2, 0) is 0 Å². The van der Waals surface area contributed by atoms with Gasteiger partial charge in [-0.1, -0.05) is 26.7 Å². The van der Waals surface area contributed by atoms with Crippen LogP contribution in [0.25, 0.3) is 0 Å². The summed E-state index contributed by atoms with van der Waals surface area (Å²) in [6.45, 7) is 8.62. The quantitative estimate of drug-likeness (QED) is 0.605. The van der Waals surface area contributed by atoms with Crippen LogP contribution in [0.3, 0.4) is 0 Å². The van der Waals surface area contributed by atoms with E-state index in [0.29, 0.717) is 0 Å². The van der Waals surface area contributed by atoms with Gasteiger partial charge in [-0.25, -0.2) is 0 Å². The molecule has 0 spiro atoms. The second-order valence-corrected chi connectivity index (χ2v) is 7.09. The molecule has 2 nitrogen and oxygen atoms in total. The molecule has 2 aliphatic carbocycles. The van der Waals surface area contributed by atoms with Gasteiger partial charge in [0.15, 0.2) is 0 Å². The molecule has 0 bridgehead atoms. The first-order valence-electron chi connectivity index (χ1n) is 8.73. The summed E-state index contributed by atoms with van der Waals surface area (Å²) in [6.07, 6.45) is 12.8. The molecule has 0 heterocycles. The fourth-order valence-corrected chi connectivity index (χ4v) is 3.20. The molecule has 0 saturated heterocycles. The van der Waals surface area contributed by atoms with Crippen LogP contribution in [0.4, 0.5) is 0 Å². The molecule has 0 aromatic heterocycles. The van der Waals surface area contributed by atoms with E-state index in [2.05, 4.69) is 24.1 Å². The third kappa shape index (κ3) is 6.27. The summed E-state index contributed by atoms with van der Waals surface area (Å²) in [7, 11) is 0. The maximum absolute atomic E-state index is 3.63. The number of rotatable bonds is 10. The molecule has 0 radical (unpaired) electrons. The van der Waals surface area contributed by atoms with Crippen LogP contribution in [0.15, 0.2) is 0 Å². The second-order valence-electron chi connectivity index (χ2n) is 7.09. The Labute approximate surface area is 120 Å². The van der Waals surface area contributed by atoms with Crippen molar-refractivity contribution in [3.8, 4) is 0 Å². The van der Waals surface area contributed by atoms with Crippen LogP contribution < -0.4 is 5.32 Å². The van der Waals surface area contributed by atoms with E-state index >= 15 is 0 Å². The minimum absolute atomic E-state index is 0.848. The van der Waals surface area contributed by atoms with Gasteiger partial charge in [0.2, 0.25) is 0 Å². The van der Waals surface area contributed by atoms with Crippen LogP contribution >= 0.6 is 0 Å². The van der Waals surface area contributed by atoms with E-state index in [1.165, 1.54) is 77.4 Å². The molecule has 1 N–H and O–H groups in total. The smallest absolute Gasteiger partial charge is 0.00952 e. The molecule has 0 unspecified atom stereocenters. The van der Waals surface area contributed by atoms with Gasteiger partial charge in [-0.05, 0) is 70.5 Å². The minimum Gasteiger partial charge on any atom is -0.314 e. The molecule has 0 aromatic rings. The lowest BCUT2D eigenvalue weighted by molar-refractivity contribution is 0.184. The van der Waals surface area contributed by atoms with Gasteiger partial charge in [-0.2, -0.15) is 0 Å². The molecule has 0 atom stereocenters. The van der Waals surface area contributed by atoms with Crippen LogP contribution in [0.5, 0.6) is 0 Å². The largest absolute Gasteiger partial charge is 0.314 e. The van der Waals surface area contributed by atoms with Gasteiger partial charge in [0, 0.05) is 12.1 Å². The summed E-state index contributed by atoms with van der Waals surface area (Å²) in [6, 6.07) is 1.79. The summed E-state index contributed by atoms with van der Waals surface area (Å²) in [5.41, 5.74) is 0. The van der Waals surface area contributed by atoms with Gasteiger partial charge in [0.05, 0.1) is 0 Å². The van der Waals surface area contributed by atoms with Gasteiger partial charge in [0.1, 0.15) is 0 Å². The van der Waals surface area contributed by atoms with Crippen LogP contribution in [0, 0.1) is 5.92 Å². The van der Waals surface area contributed by atoms with Crippen molar-refractivity contribution in [3.63, 3.8) is 0 Å². The SMILES string of the molecule is CC(C)CCN(CCCCNC1CC1)C1CCCC1. The molecule has 2 saturated carbocycles. The van der Waals surface area contributed by atoms with E-state index in [4.69, 9.17) is 0 Å². The lowest BCUT2D eigenvalue weighted by Gasteiger charge is -2.29. The molecule has 0 amide bonds. The lowest BCUT2D eigenvalue weighted by atomic mass is 10.1. The third-order valence-corrected chi connectivity index (χ3v) is 4.72. The Morgan fingerprint density at radius 2 is 1.74 bits per heavy atom. The zero-order chi connectivity index (χ0) is 13.5. The monoisotopic (exact) mass is 266 g/mol. The van der Waals surface area contributed by atoms with Gasteiger partial charge < -0.3 is 10.2 Å². The highest BCUT2D eigenvalue weighted by molar-refractivity contribution is 4.81. The summed E-state index contributed by atoms with van der Waals surface area (Å²) in [5.74, 6) is 0.848. The van der Waals surface area contributed by atoms with Crippen molar-refractivity contribution in [1.82, 2.24) is 10.2 Å². The van der Waals surface area contributed by atoms with Gasteiger partial charge in [0.25, 0.3) is 0 Å². The zero-order valence-corrected chi connectivity index (χ0v) is 13.2. The average molecular weight is 266 g/mol. The summed E-state index contributed by atoms with van der Waals surface area (Å²) >= 11 is 0. The maximum Gasteiger partial charge on any atom is 0.00952 e. The first kappa shape index (κ1) is 15.3. The van der Waals surface area contributed by atoms with E-state index in [9.17, 15) is 0 Å². The summed E-state index contributed by atoms with van der Waals surface area (Å²) in [4.78, 5) is 2.81. The average Bonchev–Trinajstić information content (AvgIpc) is 3.04. The van der Waals surface area contributed by atoms with E-state index in [-0.39, 0.29) is 0 Å². The number of unbranched alkanes of at least 4 members (excludes halogenated alkanes) is 1. The highest BCUT2D eigenvalue weighted by Gasteiger charge is 2.22. The topological polar surface area (TPSA) is 15.3 Å². The maximum atomic E-state index is 3.63. The van der Waals surface area contributed by atoms with Crippen molar-refractivity contribution in [2.45, 2.75) is 83.7 Å². The molecule has 2 aliphatic rings. The Morgan fingerprint density at radius 1 is 1.00 bits per heavy atom. The molecule has 0 aliphatic heterocycles. The van der Waals surface area contributed by atoms with E-state index in [1.54, 1.807) is 0 Å². The Kier molecular flexibility index (Phi) is 6.66. The van der Waals surface area contributed by atoms with Crippen LogP contribution in [0.1, 0.15) is 71.6 Å². The fraction of sp³-hybridized carbons (Fsp3) is 1.00. The van der Waals surface area contributed by atoms with E-state index < -0.39 is 0 Å². The van der Waals surface area contributed by atoms with Crippen molar-refractivity contribution in [2.24, 2.45) is 5.92 Å². The number of hydrogen-bond donors (Lipinski definition) is 1. The predicted octanol–water partition coefficient (Wildman–Crippen LogP) is 3.81. The van der Waals surface area contributed by atoms with E-state index in [1.807, 2.05) is 0 Å². The van der Waals surface area contributed by atoms with E-state index in [0.717, 1.165) is 18.0 Å². The summed E-state index contributed by atoms with van der Waals surface area (Å²) in [5, 5.41) is 3.63. The number of nitrogens with one attached hydrogen (secondary N) is 1. The van der Waals surface area contributed by atoms with Gasteiger partial charge in [-0.15, -0.1) is 0 Å². The van der Waals surface area contributed by atoms with Gasteiger partial charge in [-0.3, -0.25) is 0 Å². The highest BCUT2D eigenvalue weighted by Crippen LogP contribution is 2.24. The Bertz CT molecular complexity index is 229. The van der Waals surface area contributed by atoms with Crippen molar-refractivity contribution in [3.05, 3.63) is 0 Å². The first-order chi connectivity index (χ1) is 9.25. The fourth-order valence-electron chi connectivity index (χ4n) is 3.20. The lowest BCUT2D eigenvalue weighted by Crippen LogP contribution is -2.35. The predicted molar refractivity (Wildman–Crippen MR) is 83.5 cm³/mol. The van der Waals surface area contributed by atoms with Crippen molar-refractivity contribution in [2.75, 3.05) is 19.6 Å².